The van der Waals surface area contributed by atoms with Gasteiger partial charge in [0.1, 0.15) is 11.3 Å². The quantitative estimate of drug-likeness (QED) is 0.651. The first kappa shape index (κ1) is 14.3. The van der Waals surface area contributed by atoms with Crippen LogP contribution in [0.2, 0.25) is 0 Å². The predicted octanol–water partition coefficient (Wildman–Crippen LogP) is 3.28. The molecule has 0 radical (unpaired) electrons. The van der Waals surface area contributed by atoms with Crippen molar-refractivity contribution in [1.29, 1.82) is 0 Å². The summed E-state index contributed by atoms with van der Waals surface area (Å²) in [6.07, 6.45) is 4.08. The fourth-order valence-electron chi connectivity index (χ4n) is 2.65. The average Bonchev–Trinajstić information content (AvgIpc) is 2.40. The highest BCUT2D eigenvalue weighted by molar-refractivity contribution is 5.95. The first-order valence-corrected chi connectivity index (χ1v) is 6.76. The lowest BCUT2D eigenvalue weighted by atomic mass is 9.87. The molecule has 6 heteroatoms. The van der Waals surface area contributed by atoms with Crippen LogP contribution >= 0.6 is 0 Å². The molecule has 2 rings (SSSR count). The zero-order valence-electron chi connectivity index (χ0n) is 11.3. The van der Waals surface area contributed by atoms with Crippen LogP contribution in [-0.2, 0) is 0 Å². The third-order valence-electron chi connectivity index (χ3n) is 3.82. The van der Waals surface area contributed by atoms with Gasteiger partial charge in [-0.1, -0.05) is 13.0 Å². The molecule has 108 valence electrons. The van der Waals surface area contributed by atoms with E-state index in [0.29, 0.717) is 11.6 Å². The number of aromatic carboxylic acids is 1. The number of carboxylic acids is 1. The van der Waals surface area contributed by atoms with E-state index >= 15 is 0 Å². The van der Waals surface area contributed by atoms with Crippen LogP contribution < -0.4 is 5.32 Å². The van der Waals surface area contributed by atoms with Crippen LogP contribution in [0.25, 0.3) is 0 Å². The summed E-state index contributed by atoms with van der Waals surface area (Å²) in [6.45, 7) is 2.20. The molecule has 0 aliphatic heterocycles. The fourth-order valence-corrected chi connectivity index (χ4v) is 2.65. The van der Waals surface area contributed by atoms with Gasteiger partial charge in [0.2, 0.25) is 0 Å². The van der Waals surface area contributed by atoms with Crippen LogP contribution in [-0.4, -0.2) is 22.0 Å². The van der Waals surface area contributed by atoms with Crippen molar-refractivity contribution in [3.8, 4) is 0 Å². The second-order valence-electron chi connectivity index (χ2n) is 5.37. The average molecular weight is 278 g/mol. The lowest BCUT2D eigenvalue weighted by Crippen LogP contribution is -2.25. The second-order valence-corrected chi connectivity index (χ2v) is 5.37. The molecule has 1 aromatic carbocycles. The van der Waals surface area contributed by atoms with E-state index in [0.717, 1.165) is 25.7 Å². The Bertz CT molecular complexity index is 522. The van der Waals surface area contributed by atoms with Crippen molar-refractivity contribution < 1.29 is 14.8 Å². The Kier molecular flexibility index (Phi) is 4.22. The van der Waals surface area contributed by atoms with Gasteiger partial charge in [0.05, 0.1) is 4.92 Å². The number of nitro benzene ring substituents is 1. The van der Waals surface area contributed by atoms with Gasteiger partial charge in [0.25, 0.3) is 0 Å². The Morgan fingerprint density at radius 2 is 2.00 bits per heavy atom. The van der Waals surface area contributed by atoms with Crippen LogP contribution in [0.1, 0.15) is 43.0 Å². The number of anilines is 1. The van der Waals surface area contributed by atoms with Crippen LogP contribution in [0, 0.1) is 16.0 Å². The maximum Gasteiger partial charge on any atom is 0.342 e. The third kappa shape index (κ3) is 3.07. The molecule has 1 aliphatic carbocycles. The summed E-state index contributed by atoms with van der Waals surface area (Å²) < 4.78 is 0. The van der Waals surface area contributed by atoms with Gasteiger partial charge < -0.3 is 10.4 Å². The monoisotopic (exact) mass is 278 g/mol. The third-order valence-corrected chi connectivity index (χ3v) is 3.82. The lowest BCUT2D eigenvalue weighted by Gasteiger charge is -2.27. The van der Waals surface area contributed by atoms with Crippen LogP contribution in [0.5, 0.6) is 0 Å². The predicted molar refractivity (Wildman–Crippen MR) is 75.1 cm³/mol. The first-order valence-electron chi connectivity index (χ1n) is 6.76. The lowest BCUT2D eigenvalue weighted by molar-refractivity contribution is -0.384. The van der Waals surface area contributed by atoms with E-state index in [1.165, 1.54) is 12.1 Å². The topological polar surface area (TPSA) is 92.5 Å². The van der Waals surface area contributed by atoms with Crippen molar-refractivity contribution in [1.82, 2.24) is 0 Å². The molecule has 2 N–H and O–H groups in total. The molecule has 20 heavy (non-hydrogen) atoms. The van der Waals surface area contributed by atoms with Gasteiger partial charge >= 0.3 is 11.7 Å². The number of benzene rings is 1. The molecule has 0 amide bonds. The Morgan fingerprint density at radius 3 is 2.55 bits per heavy atom. The van der Waals surface area contributed by atoms with Gasteiger partial charge in [0, 0.05) is 6.04 Å². The number of para-hydroxylation sites is 1. The van der Waals surface area contributed by atoms with Crippen molar-refractivity contribution in [2.45, 2.75) is 38.6 Å². The Balaban J connectivity index is 2.25. The summed E-state index contributed by atoms with van der Waals surface area (Å²) >= 11 is 0. The summed E-state index contributed by atoms with van der Waals surface area (Å²) in [4.78, 5) is 21.6. The summed E-state index contributed by atoms with van der Waals surface area (Å²) in [6, 6.07) is 4.54. The largest absolute Gasteiger partial charge is 0.477 e. The number of rotatable bonds is 4. The van der Waals surface area contributed by atoms with Crippen molar-refractivity contribution >= 4 is 17.3 Å². The molecule has 0 atom stereocenters. The van der Waals surface area contributed by atoms with E-state index in [1.54, 1.807) is 6.07 Å². The van der Waals surface area contributed by atoms with E-state index in [4.69, 9.17) is 5.11 Å². The van der Waals surface area contributed by atoms with Crippen molar-refractivity contribution in [2.24, 2.45) is 5.92 Å². The van der Waals surface area contributed by atoms with Crippen LogP contribution in [0.3, 0.4) is 0 Å². The maximum absolute atomic E-state index is 11.1. The van der Waals surface area contributed by atoms with Crippen molar-refractivity contribution in [2.75, 3.05) is 5.32 Å². The zero-order chi connectivity index (χ0) is 14.7. The fraction of sp³-hybridized carbons (Fsp3) is 0.500. The zero-order valence-corrected chi connectivity index (χ0v) is 11.3. The highest BCUT2D eigenvalue weighted by Crippen LogP contribution is 2.32. The smallest absolute Gasteiger partial charge is 0.342 e. The molecular formula is C14H18N2O4. The molecule has 1 saturated carbocycles. The maximum atomic E-state index is 11.1. The Hall–Kier alpha value is -2.11. The van der Waals surface area contributed by atoms with Gasteiger partial charge in [-0.05, 0) is 43.7 Å². The molecule has 6 nitrogen and oxygen atoms in total. The highest BCUT2D eigenvalue weighted by Gasteiger charge is 2.26. The molecule has 0 aromatic heterocycles. The Labute approximate surface area is 117 Å². The van der Waals surface area contributed by atoms with Gasteiger partial charge in [-0.3, -0.25) is 10.1 Å². The number of hydrogen-bond donors (Lipinski definition) is 2. The van der Waals surface area contributed by atoms with Crippen LogP contribution in [0.15, 0.2) is 18.2 Å². The highest BCUT2D eigenvalue weighted by atomic mass is 16.6. The number of nitro groups is 1. The number of nitrogens with one attached hydrogen (secondary N) is 1. The summed E-state index contributed by atoms with van der Waals surface area (Å²) in [7, 11) is 0. The molecule has 0 heterocycles. The number of nitrogens with zero attached hydrogens (tertiary/aromatic N) is 1. The first-order chi connectivity index (χ1) is 9.49. The molecular weight excluding hydrogens is 260 g/mol. The minimum Gasteiger partial charge on any atom is -0.477 e. The SMILES string of the molecule is CC1CCC(Nc2cccc(C(=O)O)c2[N+](=O)[O-])CC1. The van der Waals surface area contributed by atoms with Gasteiger partial charge in [-0.25, -0.2) is 4.79 Å². The standard InChI is InChI=1S/C14H18N2O4/c1-9-5-7-10(8-6-9)15-12-4-2-3-11(14(17)18)13(12)16(19)20/h2-4,9-10,15H,5-8H2,1H3,(H,17,18). The van der Waals surface area contributed by atoms with Crippen molar-refractivity contribution in [3.05, 3.63) is 33.9 Å². The summed E-state index contributed by atoms with van der Waals surface area (Å²) in [5.41, 5.74) is -0.322. The number of hydrogen-bond acceptors (Lipinski definition) is 4. The van der Waals surface area contributed by atoms with Gasteiger partial charge in [-0.15, -0.1) is 0 Å². The van der Waals surface area contributed by atoms with Gasteiger partial charge in [0.15, 0.2) is 0 Å². The molecule has 0 unspecified atom stereocenters. The summed E-state index contributed by atoms with van der Waals surface area (Å²) in [5, 5.41) is 23.3. The molecule has 1 aromatic rings. The minimum absolute atomic E-state index is 0.175. The molecule has 0 spiro atoms. The van der Waals surface area contributed by atoms with E-state index in [1.807, 2.05) is 0 Å². The minimum atomic E-state index is -1.28. The number of carboxylic acid groups (broad SMARTS) is 1. The molecule has 1 fully saturated rings. The second kappa shape index (κ2) is 5.90. The Morgan fingerprint density at radius 1 is 1.35 bits per heavy atom. The van der Waals surface area contributed by atoms with E-state index < -0.39 is 10.9 Å². The molecule has 0 bridgehead atoms. The molecule has 0 saturated heterocycles. The molecule has 1 aliphatic rings. The van der Waals surface area contributed by atoms with E-state index in [2.05, 4.69) is 12.2 Å². The summed E-state index contributed by atoms with van der Waals surface area (Å²) in [5.74, 6) is -0.592. The van der Waals surface area contributed by atoms with E-state index in [9.17, 15) is 14.9 Å². The van der Waals surface area contributed by atoms with Gasteiger partial charge in [-0.2, -0.15) is 0 Å². The van der Waals surface area contributed by atoms with E-state index in [-0.39, 0.29) is 17.3 Å². The van der Waals surface area contributed by atoms with Crippen LogP contribution in [0.4, 0.5) is 11.4 Å². The van der Waals surface area contributed by atoms with Crippen molar-refractivity contribution in [3.63, 3.8) is 0 Å². The normalized spacial score (nSPS) is 22.2. The number of carbonyl (C=O) groups is 1.